The van der Waals surface area contributed by atoms with Gasteiger partial charge in [-0.15, -0.1) is 0 Å². The monoisotopic (exact) mass is 147 g/mol. The van der Waals surface area contributed by atoms with Crippen LogP contribution in [0, 0.1) is 0 Å². The second-order valence-corrected chi connectivity index (χ2v) is 1.79. The minimum absolute atomic E-state index is 0.0412. The van der Waals surface area contributed by atoms with Crippen molar-refractivity contribution in [2.75, 3.05) is 13.2 Å². The van der Waals surface area contributed by atoms with Crippen molar-refractivity contribution in [1.82, 2.24) is 5.48 Å². The Hall–Kier alpha value is -0.610. The molecule has 2 N–H and O–H groups in total. The lowest BCUT2D eigenvalue weighted by molar-refractivity contribution is -0.133. The van der Waals surface area contributed by atoms with Gasteiger partial charge >= 0.3 is 0 Å². The topological polar surface area (TPSA) is 58.6 Å². The number of carbonyl (C=O) groups is 1. The Kier molecular flexibility index (Phi) is 6.11. The predicted octanol–water partition coefficient (Wildman–Crippen LogP) is -0.173. The molecule has 0 aromatic heterocycles. The van der Waals surface area contributed by atoms with E-state index in [0.29, 0.717) is 19.4 Å². The maximum absolute atomic E-state index is 10.6. The molecule has 0 unspecified atom stereocenters. The summed E-state index contributed by atoms with van der Waals surface area (Å²) >= 11 is 0. The standard InChI is InChI=1S/C6H13NO3/c1-2-10-7-6(9)4-3-5-8/h8H,2-5H2,1H3,(H,7,9). The Morgan fingerprint density at radius 1 is 1.70 bits per heavy atom. The minimum Gasteiger partial charge on any atom is -0.396 e. The molecule has 4 nitrogen and oxygen atoms in total. The lowest BCUT2D eigenvalue weighted by Crippen LogP contribution is -2.23. The van der Waals surface area contributed by atoms with Crippen molar-refractivity contribution in [3.63, 3.8) is 0 Å². The molecule has 0 aliphatic rings. The molecule has 0 atom stereocenters. The molecular weight excluding hydrogens is 134 g/mol. The summed E-state index contributed by atoms with van der Waals surface area (Å²) in [4.78, 5) is 15.2. The van der Waals surface area contributed by atoms with E-state index in [0.717, 1.165) is 0 Å². The molecule has 0 bridgehead atoms. The first-order valence-corrected chi connectivity index (χ1v) is 3.32. The lowest BCUT2D eigenvalue weighted by atomic mass is 10.3. The molecule has 60 valence electrons. The normalized spacial score (nSPS) is 9.40. The van der Waals surface area contributed by atoms with Crippen LogP contribution in [0.4, 0.5) is 0 Å². The quantitative estimate of drug-likeness (QED) is 0.531. The van der Waals surface area contributed by atoms with E-state index >= 15 is 0 Å². The summed E-state index contributed by atoms with van der Waals surface area (Å²) < 4.78 is 0. The van der Waals surface area contributed by atoms with Crippen molar-refractivity contribution in [2.45, 2.75) is 19.8 Å². The molecule has 0 heterocycles. The number of nitrogens with one attached hydrogen (secondary N) is 1. The summed E-state index contributed by atoms with van der Waals surface area (Å²) in [5, 5.41) is 8.32. The zero-order valence-corrected chi connectivity index (χ0v) is 6.09. The minimum atomic E-state index is -0.184. The smallest absolute Gasteiger partial charge is 0.243 e. The Balaban J connectivity index is 3.09. The largest absolute Gasteiger partial charge is 0.396 e. The van der Waals surface area contributed by atoms with E-state index in [2.05, 4.69) is 10.3 Å². The van der Waals surface area contributed by atoms with Gasteiger partial charge in [0.1, 0.15) is 0 Å². The summed E-state index contributed by atoms with van der Waals surface area (Å²) in [5.41, 5.74) is 2.22. The van der Waals surface area contributed by atoms with Crippen molar-refractivity contribution < 1.29 is 14.7 Å². The highest BCUT2D eigenvalue weighted by Crippen LogP contribution is 1.85. The highest BCUT2D eigenvalue weighted by molar-refractivity contribution is 5.74. The van der Waals surface area contributed by atoms with Gasteiger partial charge in [0.2, 0.25) is 5.91 Å². The summed E-state index contributed by atoms with van der Waals surface area (Å²) in [5.74, 6) is -0.184. The molecule has 0 aromatic rings. The first-order chi connectivity index (χ1) is 4.81. The third-order valence-electron chi connectivity index (χ3n) is 0.892. The molecule has 0 aliphatic heterocycles. The molecule has 0 fully saturated rings. The summed E-state index contributed by atoms with van der Waals surface area (Å²) in [6.45, 7) is 2.29. The average Bonchev–Trinajstić information content (AvgIpc) is 1.97. The fourth-order valence-corrected chi connectivity index (χ4v) is 0.443. The van der Waals surface area contributed by atoms with Crippen LogP contribution < -0.4 is 5.48 Å². The number of aliphatic hydroxyl groups excluding tert-OH is 1. The van der Waals surface area contributed by atoms with Gasteiger partial charge in [0.05, 0.1) is 6.61 Å². The van der Waals surface area contributed by atoms with Crippen LogP contribution in [0.3, 0.4) is 0 Å². The van der Waals surface area contributed by atoms with Crippen LogP contribution >= 0.6 is 0 Å². The van der Waals surface area contributed by atoms with Crippen LogP contribution in [-0.2, 0) is 9.63 Å². The van der Waals surface area contributed by atoms with Crippen LogP contribution in [-0.4, -0.2) is 24.2 Å². The maximum atomic E-state index is 10.6. The van der Waals surface area contributed by atoms with Crippen molar-refractivity contribution in [3.05, 3.63) is 0 Å². The molecule has 0 rings (SSSR count). The second kappa shape index (κ2) is 6.51. The number of amides is 1. The molecule has 0 radical (unpaired) electrons. The number of rotatable bonds is 5. The average molecular weight is 147 g/mol. The zero-order chi connectivity index (χ0) is 7.82. The zero-order valence-electron chi connectivity index (χ0n) is 6.09. The maximum Gasteiger partial charge on any atom is 0.243 e. The van der Waals surface area contributed by atoms with Crippen LogP contribution in [0.25, 0.3) is 0 Å². The molecule has 0 saturated heterocycles. The number of carbonyl (C=O) groups excluding carboxylic acids is 1. The summed E-state index contributed by atoms with van der Waals surface area (Å²) in [7, 11) is 0. The number of hydroxylamine groups is 1. The Bertz CT molecular complexity index is 85.0. The highest BCUT2D eigenvalue weighted by Gasteiger charge is 1.97. The predicted molar refractivity (Wildman–Crippen MR) is 36.1 cm³/mol. The van der Waals surface area contributed by atoms with Crippen molar-refractivity contribution in [3.8, 4) is 0 Å². The first kappa shape index (κ1) is 9.39. The van der Waals surface area contributed by atoms with Crippen LogP contribution in [0.1, 0.15) is 19.8 Å². The molecule has 0 aliphatic carbocycles. The van der Waals surface area contributed by atoms with Crippen molar-refractivity contribution >= 4 is 5.91 Å². The van der Waals surface area contributed by atoms with Gasteiger partial charge in [-0.1, -0.05) is 0 Å². The molecule has 0 spiro atoms. The van der Waals surface area contributed by atoms with E-state index in [1.165, 1.54) is 0 Å². The Morgan fingerprint density at radius 3 is 2.90 bits per heavy atom. The molecule has 4 heteroatoms. The van der Waals surface area contributed by atoms with Crippen molar-refractivity contribution in [1.29, 1.82) is 0 Å². The van der Waals surface area contributed by atoms with E-state index in [4.69, 9.17) is 5.11 Å². The van der Waals surface area contributed by atoms with Crippen LogP contribution in [0.5, 0.6) is 0 Å². The number of aliphatic hydroxyl groups is 1. The molecular formula is C6H13NO3. The fraction of sp³-hybridized carbons (Fsp3) is 0.833. The van der Waals surface area contributed by atoms with Gasteiger partial charge in [0, 0.05) is 13.0 Å². The van der Waals surface area contributed by atoms with Gasteiger partial charge in [-0.25, -0.2) is 5.48 Å². The second-order valence-electron chi connectivity index (χ2n) is 1.79. The summed E-state index contributed by atoms with van der Waals surface area (Å²) in [6.07, 6.45) is 0.801. The van der Waals surface area contributed by atoms with Crippen LogP contribution in [0.15, 0.2) is 0 Å². The number of hydrogen-bond acceptors (Lipinski definition) is 3. The van der Waals surface area contributed by atoms with E-state index in [1.54, 1.807) is 6.92 Å². The van der Waals surface area contributed by atoms with Gasteiger partial charge in [0.15, 0.2) is 0 Å². The van der Waals surface area contributed by atoms with E-state index in [1.807, 2.05) is 0 Å². The van der Waals surface area contributed by atoms with Crippen molar-refractivity contribution in [2.24, 2.45) is 0 Å². The Labute approximate surface area is 60.1 Å². The van der Waals surface area contributed by atoms with Crippen LogP contribution in [0.2, 0.25) is 0 Å². The van der Waals surface area contributed by atoms with E-state index in [9.17, 15) is 4.79 Å². The van der Waals surface area contributed by atoms with Gasteiger partial charge in [-0.3, -0.25) is 9.63 Å². The first-order valence-electron chi connectivity index (χ1n) is 3.32. The Morgan fingerprint density at radius 2 is 2.40 bits per heavy atom. The molecule has 0 aromatic carbocycles. The van der Waals surface area contributed by atoms with Gasteiger partial charge in [-0.05, 0) is 13.3 Å². The van der Waals surface area contributed by atoms with Gasteiger partial charge in [-0.2, -0.15) is 0 Å². The lowest BCUT2D eigenvalue weighted by Gasteiger charge is -2.00. The SMILES string of the molecule is CCONC(=O)CCCO. The van der Waals surface area contributed by atoms with E-state index in [-0.39, 0.29) is 12.5 Å². The number of hydrogen-bond donors (Lipinski definition) is 2. The fourth-order valence-electron chi connectivity index (χ4n) is 0.443. The summed E-state index contributed by atoms with van der Waals surface area (Å²) in [6, 6.07) is 0. The molecule has 0 saturated carbocycles. The molecule has 1 amide bonds. The van der Waals surface area contributed by atoms with Gasteiger partial charge in [0.25, 0.3) is 0 Å². The van der Waals surface area contributed by atoms with Gasteiger partial charge < -0.3 is 5.11 Å². The third kappa shape index (κ3) is 5.53. The highest BCUT2D eigenvalue weighted by atomic mass is 16.6. The third-order valence-corrected chi connectivity index (χ3v) is 0.892. The molecule has 10 heavy (non-hydrogen) atoms. The van der Waals surface area contributed by atoms with E-state index < -0.39 is 0 Å².